The number of nitrogens with zero attached hydrogens (tertiary/aromatic N) is 1. The van der Waals surface area contributed by atoms with Crippen LogP contribution in [0, 0.1) is 0 Å². The van der Waals surface area contributed by atoms with Gasteiger partial charge in [0.2, 0.25) is 0 Å². The van der Waals surface area contributed by atoms with Crippen molar-refractivity contribution in [3.8, 4) is 56.0 Å². The quantitative estimate of drug-likeness (QED) is 0.176. The standard InChI is InChI=1S/C55H37NO2/c1-55(2)46-24-8-6-18-39(46)44-22-12-25-47(53(44)55)56(48-26-13-23-45-40-19-7-9-27-49(40)58-54(45)48)37-17-10-16-36(32-37)38-30-31-50-52-42(38)20-11-21-43(52)41-29-28-35(33-51(41)57-50)34-14-4-3-5-15-34/h3-33H,1-2H3. The molecule has 3 heteroatoms. The van der Waals surface area contributed by atoms with E-state index in [0.717, 1.165) is 83.5 Å². The molecule has 0 atom stereocenters. The van der Waals surface area contributed by atoms with Gasteiger partial charge in [0.15, 0.2) is 5.58 Å². The third-order valence-electron chi connectivity index (χ3n) is 12.4. The van der Waals surface area contributed by atoms with Gasteiger partial charge in [-0.3, -0.25) is 0 Å². The SMILES string of the molecule is CC1(C)c2ccccc2-c2cccc(N(c3cccc(-c4ccc5c6c(cccc46)-c4ccc(-c6ccccc6)cc4O5)c3)c3cccc4c3oc3ccccc34)c21. The Hall–Kier alpha value is -7.36. The molecule has 58 heavy (non-hydrogen) atoms. The largest absolute Gasteiger partial charge is 0.456 e. The third-order valence-corrected chi connectivity index (χ3v) is 12.4. The van der Waals surface area contributed by atoms with Gasteiger partial charge < -0.3 is 14.1 Å². The molecular weight excluding hydrogens is 707 g/mol. The first kappa shape index (κ1) is 32.8. The lowest BCUT2D eigenvalue weighted by atomic mass is 9.81. The Balaban J connectivity index is 1.05. The van der Waals surface area contributed by atoms with E-state index in [1.165, 1.54) is 33.4 Å². The monoisotopic (exact) mass is 743 g/mol. The van der Waals surface area contributed by atoms with Gasteiger partial charge in [0.25, 0.3) is 0 Å². The Labute approximate surface area is 337 Å². The van der Waals surface area contributed by atoms with Crippen LogP contribution in [0.5, 0.6) is 11.5 Å². The maximum atomic E-state index is 6.76. The zero-order valence-corrected chi connectivity index (χ0v) is 32.2. The third kappa shape index (κ3) is 4.74. The molecule has 1 aliphatic carbocycles. The number of hydrogen-bond donors (Lipinski definition) is 0. The number of hydrogen-bond acceptors (Lipinski definition) is 3. The van der Waals surface area contributed by atoms with Crippen LogP contribution in [0.25, 0.3) is 77.2 Å². The summed E-state index contributed by atoms with van der Waals surface area (Å²) in [5, 5.41) is 4.51. The first-order valence-electron chi connectivity index (χ1n) is 20.0. The summed E-state index contributed by atoms with van der Waals surface area (Å²) in [6.07, 6.45) is 0. The normalized spacial score (nSPS) is 13.3. The molecule has 1 aliphatic heterocycles. The van der Waals surface area contributed by atoms with Gasteiger partial charge in [-0.25, -0.2) is 0 Å². The number of benzene rings is 9. The minimum absolute atomic E-state index is 0.228. The summed E-state index contributed by atoms with van der Waals surface area (Å²) in [5.74, 6) is 1.76. The molecule has 3 nitrogen and oxygen atoms in total. The van der Waals surface area contributed by atoms with E-state index in [2.05, 4.69) is 201 Å². The zero-order valence-electron chi connectivity index (χ0n) is 32.2. The predicted molar refractivity (Wildman–Crippen MR) is 240 cm³/mol. The fourth-order valence-electron chi connectivity index (χ4n) is 9.83. The summed E-state index contributed by atoms with van der Waals surface area (Å²) >= 11 is 0. The summed E-state index contributed by atoms with van der Waals surface area (Å²) in [6.45, 7) is 4.71. The molecule has 0 saturated carbocycles. The van der Waals surface area contributed by atoms with Gasteiger partial charge >= 0.3 is 0 Å². The molecule has 2 aliphatic rings. The van der Waals surface area contributed by atoms with E-state index in [0.29, 0.717) is 0 Å². The highest BCUT2D eigenvalue weighted by Crippen LogP contribution is 2.56. The highest BCUT2D eigenvalue weighted by atomic mass is 16.5. The van der Waals surface area contributed by atoms with E-state index in [-0.39, 0.29) is 5.41 Å². The van der Waals surface area contributed by atoms with E-state index in [9.17, 15) is 0 Å². The second-order valence-corrected chi connectivity index (χ2v) is 16.0. The molecule has 0 bridgehead atoms. The second-order valence-electron chi connectivity index (χ2n) is 16.0. The Morgan fingerprint density at radius 1 is 0.431 bits per heavy atom. The molecule has 0 radical (unpaired) electrons. The van der Waals surface area contributed by atoms with Crippen LogP contribution in [0.3, 0.4) is 0 Å². The smallest absolute Gasteiger partial charge is 0.159 e. The van der Waals surface area contributed by atoms with Crippen LogP contribution < -0.4 is 9.64 Å². The van der Waals surface area contributed by atoms with Gasteiger partial charge in [-0.15, -0.1) is 0 Å². The fraction of sp³-hybridized carbons (Fsp3) is 0.0545. The molecular formula is C55H37NO2. The topological polar surface area (TPSA) is 25.6 Å². The Morgan fingerprint density at radius 3 is 2.05 bits per heavy atom. The lowest BCUT2D eigenvalue weighted by molar-refractivity contribution is 0.487. The predicted octanol–water partition coefficient (Wildman–Crippen LogP) is 15.6. The minimum Gasteiger partial charge on any atom is -0.456 e. The first-order chi connectivity index (χ1) is 28.5. The van der Waals surface area contributed by atoms with E-state index in [1.54, 1.807) is 0 Å². The van der Waals surface area contributed by atoms with Crippen molar-refractivity contribution < 1.29 is 9.15 Å². The molecule has 9 aromatic carbocycles. The fourth-order valence-corrected chi connectivity index (χ4v) is 9.83. The Bertz CT molecular complexity index is 3300. The summed E-state index contributed by atoms with van der Waals surface area (Å²) < 4.78 is 13.5. The Kier molecular flexibility index (Phi) is 6.98. The van der Waals surface area contributed by atoms with Crippen molar-refractivity contribution in [1.82, 2.24) is 0 Å². The van der Waals surface area contributed by atoms with Crippen LogP contribution >= 0.6 is 0 Å². The van der Waals surface area contributed by atoms with Crippen molar-refractivity contribution in [2.45, 2.75) is 19.3 Å². The number of fused-ring (bicyclic) bond motifs is 8. The summed E-state index contributed by atoms with van der Waals surface area (Å²) in [6, 6.07) is 67.5. The lowest BCUT2D eigenvalue weighted by Gasteiger charge is -2.32. The van der Waals surface area contributed by atoms with E-state index >= 15 is 0 Å². The maximum absolute atomic E-state index is 6.76. The molecule has 1 aromatic heterocycles. The van der Waals surface area contributed by atoms with E-state index in [1.807, 2.05) is 6.07 Å². The number of anilines is 3. The zero-order chi connectivity index (χ0) is 38.5. The van der Waals surface area contributed by atoms with Crippen LogP contribution in [0.4, 0.5) is 17.1 Å². The van der Waals surface area contributed by atoms with Crippen LogP contribution in [0.2, 0.25) is 0 Å². The molecule has 0 saturated heterocycles. The second kappa shape index (κ2) is 12.3. The average Bonchev–Trinajstić information content (AvgIpc) is 3.77. The van der Waals surface area contributed by atoms with Crippen molar-refractivity contribution in [1.29, 1.82) is 0 Å². The summed E-state index contributed by atoms with van der Waals surface area (Å²) in [7, 11) is 0. The Morgan fingerprint density at radius 2 is 1.12 bits per heavy atom. The van der Waals surface area contributed by atoms with Gasteiger partial charge in [-0.05, 0) is 104 Å². The van der Waals surface area contributed by atoms with Crippen molar-refractivity contribution in [3.05, 3.63) is 199 Å². The molecule has 0 unspecified atom stereocenters. The molecule has 0 N–H and O–H groups in total. The summed E-state index contributed by atoms with van der Waals surface area (Å²) in [5.41, 5.74) is 16.8. The van der Waals surface area contributed by atoms with E-state index in [4.69, 9.17) is 9.15 Å². The highest BCUT2D eigenvalue weighted by Gasteiger charge is 2.39. The number of rotatable bonds is 5. The number of ether oxygens (including phenoxy) is 1. The van der Waals surface area contributed by atoms with Gasteiger partial charge in [-0.2, -0.15) is 0 Å². The molecule has 0 spiro atoms. The highest BCUT2D eigenvalue weighted by molar-refractivity contribution is 6.12. The van der Waals surface area contributed by atoms with E-state index < -0.39 is 0 Å². The van der Waals surface area contributed by atoms with Crippen LogP contribution in [0.1, 0.15) is 25.0 Å². The first-order valence-corrected chi connectivity index (χ1v) is 20.0. The molecule has 10 aromatic rings. The van der Waals surface area contributed by atoms with Gasteiger partial charge in [0.1, 0.15) is 17.1 Å². The molecule has 0 fully saturated rings. The molecule has 0 amide bonds. The molecule has 2 heterocycles. The molecule has 274 valence electrons. The summed E-state index contributed by atoms with van der Waals surface area (Å²) in [4.78, 5) is 2.43. The lowest BCUT2D eigenvalue weighted by Crippen LogP contribution is -2.20. The molecule has 12 rings (SSSR count). The van der Waals surface area contributed by atoms with Crippen LogP contribution in [-0.4, -0.2) is 0 Å². The van der Waals surface area contributed by atoms with Crippen molar-refractivity contribution >= 4 is 49.8 Å². The van der Waals surface area contributed by atoms with Crippen LogP contribution in [0.15, 0.2) is 192 Å². The number of furan rings is 1. The van der Waals surface area contributed by atoms with Gasteiger partial charge in [-0.1, -0.05) is 153 Å². The van der Waals surface area contributed by atoms with Crippen molar-refractivity contribution in [3.63, 3.8) is 0 Å². The maximum Gasteiger partial charge on any atom is 0.159 e. The number of para-hydroxylation sites is 2. The van der Waals surface area contributed by atoms with Crippen molar-refractivity contribution in [2.24, 2.45) is 0 Å². The van der Waals surface area contributed by atoms with Crippen molar-refractivity contribution in [2.75, 3.05) is 4.90 Å². The minimum atomic E-state index is -0.228. The van der Waals surface area contributed by atoms with Gasteiger partial charge in [0.05, 0.1) is 11.4 Å². The van der Waals surface area contributed by atoms with Gasteiger partial charge in [0, 0.05) is 32.8 Å². The average molecular weight is 744 g/mol. The van der Waals surface area contributed by atoms with Crippen LogP contribution in [-0.2, 0) is 5.41 Å².